The van der Waals surface area contributed by atoms with Crippen LogP contribution < -0.4 is 11.6 Å². The van der Waals surface area contributed by atoms with Gasteiger partial charge in [-0.2, -0.15) is 5.10 Å². The topological polar surface area (TPSA) is 73.6 Å². The van der Waals surface area contributed by atoms with E-state index in [1.165, 1.54) is 22.9 Å². The predicted molar refractivity (Wildman–Crippen MR) is 67.1 cm³/mol. The summed E-state index contributed by atoms with van der Waals surface area (Å²) in [6.07, 6.45) is 1.08. The van der Waals surface area contributed by atoms with Crippen LogP contribution in [0.5, 0.6) is 0 Å². The second kappa shape index (κ2) is 5.23. The summed E-state index contributed by atoms with van der Waals surface area (Å²) in [5.74, 6) is 5.84. The zero-order chi connectivity index (χ0) is 11.4. The summed E-state index contributed by atoms with van der Waals surface area (Å²) in [7, 11) is 0. The van der Waals surface area contributed by atoms with Crippen LogP contribution in [-0.2, 0) is 11.2 Å². The van der Waals surface area contributed by atoms with Crippen LogP contribution in [0.2, 0.25) is 0 Å². The maximum atomic E-state index is 5.73. The lowest BCUT2D eigenvalue weighted by molar-refractivity contribution is 0.0589. The first-order valence-corrected chi connectivity index (χ1v) is 6.15. The molecule has 4 nitrogen and oxygen atoms in total. The molecule has 1 aromatic carbocycles. The van der Waals surface area contributed by atoms with Crippen LogP contribution >= 0.6 is 11.8 Å². The maximum Gasteiger partial charge on any atom is 0.177 e. The van der Waals surface area contributed by atoms with E-state index in [4.69, 9.17) is 16.3 Å². The minimum Gasteiger partial charge on any atom is -0.377 e. The lowest BCUT2D eigenvalue weighted by Gasteiger charge is -2.25. The molecule has 0 radical (unpaired) electrons. The highest BCUT2D eigenvalue weighted by molar-refractivity contribution is 8.13. The Morgan fingerprint density at radius 3 is 3.12 bits per heavy atom. The van der Waals surface area contributed by atoms with E-state index >= 15 is 0 Å². The summed E-state index contributed by atoms with van der Waals surface area (Å²) in [6.45, 7) is 0.766. The Morgan fingerprint density at radius 1 is 1.50 bits per heavy atom. The summed E-state index contributed by atoms with van der Waals surface area (Å²) in [6, 6.07) is 8.35. The summed E-state index contributed by atoms with van der Waals surface area (Å²) in [5, 5.41) is 3.83. The largest absolute Gasteiger partial charge is 0.377 e. The Morgan fingerprint density at radius 2 is 2.31 bits per heavy atom. The van der Waals surface area contributed by atoms with Gasteiger partial charge in [-0.05, 0) is 17.5 Å². The second-order valence-electron chi connectivity index (χ2n) is 3.59. The number of hydrogen-bond acceptors (Lipinski definition) is 4. The summed E-state index contributed by atoms with van der Waals surface area (Å²) in [5.41, 5.74) is 8.16. The lowest BCUT2D eigenvalue weighted by Crippen LogP contribution is -2.20. The van der Waals surface area contributed by atoms with Crippen molar-refractivity contribution in [3.63, 3.8) is 0 Å². The van der Waals surface area contributed by atoms with Crippen LogP contribution in [0.4, 0.5) is 0 Å². The monoisotopic (exact) mass is 237 g/mol. The molecule has 1 heterocycles. The summed E-state index contributed by atoms with van der Waals surface area (Å²) >= 11 is 1.42. The van der Waals surface area contributed by atoms with Gasteiger partial charge in [0.1, 0.15) is 0 Å². The number of hydrogen-bond donors (Lipinski definition) is 2. The molecule has 0 aliphatic carbocycles. The molecule has 0 aromatic heterocycles. The van der Waals surface area contributed by atoms with Crippen molar-refractivity contribution in [3.05, 3.63) is 35.4 Å². The van der Waals surface area contributed by atoms with Crippen molar-refractivity contribution in [1.82, 2.24) is 0 Å². The van der Waals surface area contributed by atoms with Crippen LogP contribution in [0, 0.1) is 0 Å². The van der Waals surface area contributed by atoms with Crippen molar-refractivity contribution in [2.24, 2.45) is 16.7 Å². The Balaban J connectivity index is 2.07. The second-order valence-corrected chi connectivity index (χ2v) is 4.63. The fourth-order valence-corrected chi connectivity index (χ4v) is 2.49. The molecule has 0 saturated carbocycles. The number of fused-ring (bicyclic) bond motifs is 1. The average molecular weight is 237 g/mol. The fraction of sp³-hybridized carbons (Fsp3) is 0.364. The van der Waals surface area contributed by atoms with E-state index in [1.807, 2.05) is 6.07 Å². The standard InChI is InChI=1S/C11H15N3OS/c12-11(14-13)16-7-10-9-4-2-1-3-8(9)5-6-15-10/h1-4,10H,5-7,13H2,(H2,12,14). The van der Waals surface area contributed by atoms with Crippen molar-refractivity contribution >= 4 is 16.9 Å². The predicted octanol–water partition coefficient (Wildman–Crippen LogP) is 1.22. The molecule has 16 heavy (non-hydrogen) atoms. The van der Waals surface area contributed by atoms with Gasteiger partial charge in [0.25, 0.3) is 0 Å². The van der Waals surface area contributed by atoms with E-state index in [-0.39, 0.29) is 6.10 Å². The van der Waals surface area contributed by atoms with Crippen LogP contribution in [0.25, 0.3) is 0 Å². The highest BCUT2D eigenvalue weighted by Gasteiger charge is 2.20. The third-order valence-corrected chi connectivity index (χ3v) is 3.47. The third-order valence-electron chi connectivity index (χ3n) is 2.60. The third kappa shape index (κ3) is 2.48. The molecule has 5 heteroatoms. The zero-order valence-corrected chi connectivity index (χ0v) is 9.74. The Labute approximate surface area is 99.0 Å². The van der Waals surface area contributed by atoms with Gasteiger partial charge in [-0.1, -0.05) is 36.0 Å². The Hall–Kier alpha value is -1.20. The van der Waals surface area contributed by atoms with E-state index in [1.54, 1.807) is 0 Å². The summed E-state index contributed by atoms with van der Waals surface area (Å²) in [4.78, 5) is 0. The van der Waals surface area contributed by atoms with Gasteiger partial charge in [-0.25, -0.2) is 0 Å². The fourth-order valence-electron chi connectivity index (χ4n) is 1.81. The maximum absolute atomic E-state index is 5.73. The molecular weight excluding hydrogens is 222 g/mol. The van der Waals surface area contributed by atoms with Gasteiger partial charge in [-0.15, -0.1) is 0 Å². The first kappa shape index (κ1) is 11.3. The van der Waals surface area contributed by atoms with E-state index in [0.29, 0.717) is 5.17 Å². The molecule has 1 aromatic rings. The number of benzene rings is 1. The number of nitrogens with two attached hydrogens (primary N) is 2. The molecule has 0 spiro atoms. The van der Waals surface area contributed by atoms with E-state index in [2.05, 4.69) is 23.3 Å². The highest BCUT2D eigenvalue weighted by atomic mass is 32.2. The van der Waals surface area contributed by atoms with Crippen molar-refractivity contribution in [1.29, 1.82) is 0 Å². The van der Waals surface area contributed by atoms with Gasteiger partial charge in [0.05, 0.1) is 12.7 Å². The highest BCUT2D eigenvalue weighted by Crippen LogP contribution is 2.29. The smallest absolute Gasteiger partial charge is 0.177 e. The number of rotatable bonds is 2. The van der Waals surface area contributed by atoms with Crippen molar-refractivity contribution in [2.75, 3.05) is 12.4 Å². The number of amidine groups is 1. The molecule has 1 atom stereocenters. The molecule has 1 aliphatic rings. The number of nitrogens with zero attached hydrogens (tertiary/aromatic N) is 1. The SMILES string of the molecule is NN=C(N)SCC1OCCc2ccccc21. The first-order valence-electron chi connectivity index (χ1n) is 5.17. The van der Waals surface area contributed by atoms with Gasteiger partial charge in [0, 0.05) is 5.75 Å². The molecule has 0 amide bonds. The average Bonchev–Trinajstić information content (AvgIpc) is 2.35. The number of thioether (sulfide) groups is 1. The van der Waals surface area contributed by atoms with Gasteiger partial charge < -0.3 is 16.3 Å². The Bertz CT molecular complexity index is 395. The van der Waals surface area contributed by atoms with Crippen LogP contribution in [-0.4, -0.2) is 17.5 Å². The minimum absolute atomic E-state index is 0.0928. The molecule has 0 fully saturated rings. The van der Waals surface area contributed by atoms with Crippen LogP contribution in [0.15, 0.2) is 29.4 Å². The summed E-state index contributed by atoms with van der Waals surface area (Å²) < 4.78 is 5.73. The minimum atomic E-state index is 0.0928. The molecule has 0 saturated heterocycles. The van der Waals surface area contributed by atoms with Crippen LogP contribution in [0.3, 0.4) is 0 Å². The molecule has 2 rings (SSSR count). The molecule has 4 N–H and O–H groups in total. The van der Waals surface area contributed by atoms with Crippen LogP contribution in [0.1, 0.15) is 17.2 Å². The first-order chi connectivity index (χ1) is 7.81. The van der Waals surface area contributed by atoms with E-state index in [0.717, 1.165) is 18.8 Å². The van der Waals surface area contributed by atoms with Crippen molar-refractivity contribution in [3.8, 4) is 0 Å². The lowest BCUT2D eigenvalue weighted by atomic mass is 9.99. The molecule has 1 aliphatic heterocycles. The van der Waals surface area contributed by atoms with Gasteiger partial charge >= 0.3 is 0 Å². The van der Waals surface area contributed by atoms with Gasteiger partial charge in [0.15, 0.2) is 5.17 Å². The molecule has 86 valence electrons. The van der Waals surface area contributed by atoms with Gasteiger partial charge in [-0.3, -0.25) is 0 Å². The Kier molecular flexibility index (Phi) is 3.69. The molecule has 1 unspecified atom stereocenters. The number of ether oxygens (including phenoxy) is 1. The van der Waals surface area contributed by atoms with E-state index in [9.17, 15) is 0 Å². The van der Waals surface area contributed by atoms with Gasteiger partial charge in [0.2, 0.25) is 0 Å². The van der Waals surface area contributed by atoms with Crippen molar-refractivity contribution < 1.29 is 4.74 Å². The molecule has 0 bridgehead atoms. The van der Waals surface area contributed by atoms with E-state index < -0.39 is 0 Å². The molecular formula is C11H15N3OS. The van der Waals surface area contributed by atoms with Crippen molar-refractivity contribution in [2.45, 2.75) is 12.5 Å². The zero-order valence-electron chi connectivity index (χ0n) is 8.93. The quantitative estimate of drug-likeness (QED) is 0.351. The number of hydrazone groups is 1. The normalized spacial score (nSPS) is 20.5.